The molecule has 118 valence electrons. The van der Waals surface area contributed by atoms with Crippen molar-refractivity contribution in [3.63, 3.8) is 0 Å². The van der Waals surface area contributed by atoms with Crippen molar-refractivity contribution in [3.8, 4) is 0 Å². The van der Waals surface area contributed by atoms with Gasteiger partial charge in [-0.15, -0.1) is 0 Å². The third-order valence-corrected chi connectivity index (χ3v) is 4.83. The zero-order chi connectivity index (χ0) is 16.7. The molecule has 4 rings (SSSR count). The quantitative estimate of drug-likeness (QED) is 0.472. The topological polar surface area (TPSA) is 22.0 Å². The summed E-state index contributed by atoms with van der Waals surface area (Å²) in [6.45, 7) is 4.96. The van der Waals surface area contributed by atoms with Gasteiger partial charge in [0.25, 0.3) is 0 Å². The monoisotopic (exact) mass is 313 g/mol. The molecule has 0 aliphatic rings. The fourth-order valence-electron chi connectivity index (χ4n) is 3.70. The van der Waals surface area contributed by atoms with E-state index in [1.165, 1.54) is 27.4 Å². The predicted molar refractivity (Wildman–Crippen MR) is 99.8 cm³/mol. The number of rotatable bonds is 3. The van der Waals surface area contributed by atoms with Gasteiger partial charge < -0.3 is 4.57 Å². The first kappa shape index (κ1) is 14.7. The van der Waals surface area contributed by atoms with Crippen LogP contribution >= 0.6 is 0 Å². The molecule has 0 unspecified atom stereocenters. The van der Waals surface area contributed by atoms with E-state index in [2.05, 4.69) is 60.0 Å². The number of fused-ring (bicyclic) bond motifs is 3. The molecule has 1 aromatic heterocycles. The molecule has 2 heteroatoms. The minimum absolute atomic E-state index is 0.780. The van der Waals surface area contributed by atoms with Crippen molar-refractivity contribution >= 4 is 28.1 Å². The highest BCUT2D eigenvalue weighted by atomic mass is 16.1. The second-order valence-electron chi connectivity index (χ2n) is 6.34. The highest BCUT2D eigenvalue weighted by Crippen LogP contribution is 2.35. The van der Waals surface area contributed by atoms with Crippen molar-refractivity contribution in [1.29, 1.82) is 0 Å². The second-order valence-corrected chi connectivity index (χ2v) is 6.34. The van der Waals surface area contributed by atoms with E-state index in [0.717, 1.165) is 29.5 Å². The van der Waals surface area contributed by atoms with E-state index in [4.69, 9.17) is 0 Å². The summed E-state index contributed by atoms with van der Waals surface area (Å²) in [6, 6.07) is 21.0. The summed E-state index contributed by atoms with van der Waals surface area (Å²) in [7, 11) is 0. The zero-order valence-electron chi connectivity index (χ0n) is 13.9. The van der Waals surface area contributed by atoms with Gasteiger partial charge in [-0.25, -0.2) is 0 Å². The number of hydrogen-bond donors (Lipinski definition) is 0. The van der Waals surface area contributed by atoms with Crippen LogP contribution in [-0.2, 0) is 6.54 Å². The van der Waals surface area contributed by atoms with E-state index in [0.29, 0.717) is 0 Å². The van der Waals surface area contributed by atoms with E-state index in [-0.39, 0.29) is 0 Å². The van der Waals surface area contributed by atoms with Crippen molar-refractivity contribution in [3.05, 3.63) is 82.9 Å². The van der Waals surface area contributed by atoms with Crippen molar-refractivity contribution in [2.24, 2.45) is 0 Å². The Morgan fingerprint density at radius 1 is 0.958 bits per heavy atom. The van der Waals surface area contributed by atoms with Crippen LogP contribution in [0.25, 0.3) is 21.8 Å². The molecular formula is C22H19NO. The third kappa shape index (κ3) is 2.15. The molecule has 0 aliphatic heterocycles. The van der Waals surface area contributed by atoms with Gasteiger partial charge in [0, 0.05) is 28.4 Å². The summed E-state index contributed by atoms with van der Waals surface area (Å²) < 4.78 is 2.37. The molecule has 2 nitrogen and oxygen atoms in total. The molecule has 0 aliphatic carbocycles. The molecule has 24 heavy (non-hydrogen) atoms. The minimum atomic E-state index is 0.780. The molecule has 0 fully saturated rings. The largest absolute Gasteiger partial charge is 0.336 e. The Morgan fingerprint density at radius 3 is 2.42 bits per heavy atom. The number of nitrogens with zero attached hydrogens (tertiary/aromatic N) is 1. The van der Waals surface area contributed by atoms with Gasteiger partial charge in [0.2, 0.25) is 0 Å². The smallest absolute Gasteiger partial charge is 0.150 e. The van der Waals surface area contributed by atoms with Gasteiger partial charge in [0.15, 0.2) is 0 Å². The average Bonchev–Trinajstić information content (AvgIpc) is 2.94. The Balaban J connectivity index is 2.11. The van der Waals surface area contributed by atoms with Crippen LogP contribution in [0.5, 0.6) is 0 Å². The third-order valence-electron chi connectivity index (χ3n) is 4.83. The Hall–Kier alpha value is -2.87. The normalized spacial score (nSPS) is 11.2. The SMILES string of the molecule is Cc1c(C=O)cc(C)c2c1c1ccccc1n2Cc1ccccc1. The number of aldehydes is 1. The molecule has 0 spiro atoms. The molecular weight excluding hydrogens is 294 g/mol. The molecule has 0 N–H and O–H groups in total. The Bertz CT molecular complexity index is 1060. The van der Waals surface area contributed by atoms with Gasteiger partial charge in [-0.3, -0.25) is 4.79 Å². The van der Waals surface area contributed by atoms with Gasteiger partial charge in [-0.05, 0) is 42.7 Å². The molecule has 0 saturated carbocycles. The maximum absolute atomic E-state index is 11.5. The Morgan fingerprint density at radius 2 is 1.67 bits per heavy atom. The van der Waals surface area contributed by atoms with Gasteiger partial charge in [-0.2, -0.15) is 0 Å². The molecule has 3 aromatic carbocycles. The highest BCUT2D eigenvalue weighted by Gasteiger charge is 2.16. The van der Waals surface area contributed by atoms with Crippen LogP contribution in [0.1, 0.15) is 27.0 Å². The fourth-order valence-corrected chi connectivity index (χ4v) is 3.70. The van der Waals surface area contributed by atoms with Gasteiger partial charge >= 0.3 is 0 Å². The van der Waals surface area contributed by atoms with E-state index >= 15 is 0 Å². The number of carbonyl (C=O) groups is 1. The maximum Gasteiger partial charge on any atom is 0.150 e. The van der Waals surface area contributed by atoms with Crippen LogP contribution in [0, 0.1) is 13.8 Å². The lowest BCUT2D eigenvalue weighted by Crippen LogP contribution is -2.01. The van der Waals surface area contributed by atoms with Crippen LogP contribution in [0.4, 0.5) is 0 Å². The molecule has 0 amide bonds. The summed E-state index contributed by atoms with van der Waals surface area (Å²) >= 11 is 0. The van der Waals surface area contributed by atoms with Crippen LogP contribution in [0.15, 0.2) is 60.7 Å². The van der Waals surface area contributed by atoms with Crippen LogP contribution in [-0.4, -0.2) is 10.9 Å². The van der Waals surface area contributed by atoms with Gasteiger partial charge in [0.05, 0.1) is 5.52 Å². The lowest BCUT2D eigenvalue weighted by Gasteiger charge is -2.11. The molecule has 0 bridgehead atoms. The molecule has 0 saturated heterocycles. The fraction of sp³-hybridized carbons (Fsp3) is 0.136. The zero-order valence-corrected chi connectivity index (χ0v) is 13.9. The minimum Gasteiger partial charge on any atom is -0.336 e. The van der Waals surface area contributed by atoms with Crippen molar-refractivity contribution in [1.82, 2.24) is 4.57 Å². The summed E-state index contributed by atoms with van der Waals surface area (Å²) in [5.41, 5.74) is 6.70. The van der Waals surface area contributed by atoms with Gasteiger partial charge in [0.1, 0.15) is 6.29 Å². The van der Waals surface area contributed by atoms with E-state index in [9.17, 15) is 4.79 Å². The van der Waals surface area contributed by atoms with Crippen LogP contribution in [0.3, 0.4) is 0 Å². The van der Waals surface area contributed by atoms with Crippen molar-refractivity contribution in [2.45, 2.75) is 20.4 Å². The highest BCUT2D eigenvalue weighted by molar-refractivity contribution is 6.12. The van der Waals surface area contributed by atoms with Crippen LogP contribution < -0.4 is 0 Å². The summed E-state index contributed by atoms with van der Waals surface area (Å²) in [4.78, 5) is 11.5. The van der Waals surface area contributed by atoms with Crippen molar-refractivity contribution in [2.75, 3.05) is 0 Å². The molecule has 4 aromatic rings. The standard InChI is InChI=1S/C22H19NO/c1-15-12-18(14-24)16(2)21-19-10-6-7-11-20(19)23(22(15)21)13-17-8-4-3-5-9-17/h3-12,14H,13H2,1-2H3. The first-order chi connectivity index (χ1) is 11.7. The first-order valence-electron chi connectivity index (χ1n) is 8.21. The lowest BCUT2D eigenvalue weighted by atomic mass is 9.99. The summed E-state index contributed by atoms with van der Waals surface area (Å²) in [5.74, 6) is 0. The number of aryl methyl sites for hydroxylation is 2. The Labute approximate surface area is 141 Å². The Kier molecular flexibility index (Phi) is 3.46. The van der Waals surface area contributed by atoms with Crippen molar-refractivity contribution < 1.29 is 4.79 Å². The first-order valence-corrected chi connectivity index (χ1v) is 8.21. The molecule has 0 atom stereocenters. The number of para-hydroxylation sites is 1. The van der Waals surface area contributed by atoms with Gasteiger partial charge in [-0.1, -0.05) is 48.5 Å². The number of benzene rings is 3. The maximum atomic E-state index is 11.5. The molecule has 1 heterocycles. The summed E-state index contributed by atoms with van der Waals surface area (Å²) in [5, 5.41) is 2.41. The number of aromatic nitrogens is 1. The lowest BCUT2D eigenvalue weighted by molar-refractivity contribution is 0.112. The van der Waals surface area contributed by atoms with E-state index in [1.54, 1.807) is 0 Å². The van der Waals surface area contributed by atoms with Crippen LogP contribution in [0.2, 0.25) is 0 Å². The number of carbonyl (C=O) groups excluding carboxylic acids is 1. The molecule has 0 radical (unpaired) electrons. The van der Waals surface area contributed by atoms with E-state index in [1.807, 2.05) is 19.1 Å². The second kappa shape index (κ2) is 5.64. The average molecular weight is 313 g/mol. The van der Waals surface area contributed by atoms with E-state index < -0.39 is 0 Å². The summed E-state index contributed by atoms with van der Waals surface area (Å²) in [6.07, 6.45) is 0.963. The predicted octanol–water partition coefficient (Wildman–Crippen LogP) is 5.27. The number of hydrogen-bond acceptors (Lipinski definition) is 1.